The molecule has 0 fully saturated rings. The van der Waals surface area contributed by atoms with E-state index in [4.69, 9.17) is 11.5 Å². The smallest absolute Gasteiger partial charge is 0.245 e. The molecule has 0 rings (SSSR count). The molecule has 0 aliphatic carbocycles. The predicted octanol–water partition coefficient (Wildman–Crippen LogP) is -0.180. The van der Waals surface area contributed by atoms with Crippen molar-refractivity contribution in [3.8, 4) is 0 Å². The minimum Gasteiger partial charge on any atom is -0.391 e. The Balaban J connectivity index is 4.89. The number of ketones is 1. The fourth-order valence-corrected chi connectivity index (χ4v) is 2.69. The van der Waals surface area contributed by atoms with Crippen molar-refractivity contribution >= 4 is 17.6 Å². The monoisotopic (exact) mass is 372 g/mol. The van der Waals surface area contributed by atoms with Gasteiger partial charge in [0.25, 0.3) is 0 Å². The molecule has 4 atom stereocenters. The van der Waals surface area contributed by atoms with E-state index in [9.17, 15) is 19.5 Å². The number of Topliss-reactive ketones (excluding diaryl/α,β-unsaturated/α-hetero) is 1. The lowest BCUT2D eigenvalue weighted by molar-refractivity contribution is -0.135. The number of carbonyl (C=O) groups excluding carboxylic acids is 3. The van der Waals surface area contributed by atoms with E-state index < -0.39 is 24.1 Å². The molecule has 152 valence electrons. The summed E-state index contributed by atoms with van der Waals surface area (Å²) in [4.78, 5) is 36.3. The second-order valence-corrected chi connectivity index (χ2v) is 6.76. The van der Waals surface area contributed by atoms with E-state index in [1.807, 2.05) is 0 Å². The molecule has 0 heterocycles. The first kappa shape index (κ1) is 24.5. The van der Waals surface area contributed by atoms with Crippen molar-refractivity contribution in [3.05, 3.63) is 0 Å². The van der Waals surface area contributed by atoms with E-state index in [2.05, 4.69) is 17.6 Å². The van der Waals surface area contributed by atoms with Gasteiger partial charge in [-0.3, -0.25) is 14.4 Å². The number of rotatable bonds is 14. The van der Waals surface area contributed by atoms with Gasteiger partial charge in [-0.1, -0.05) is 32.6 Å². The maximum absolute atomic E-state index is 12.6. The number of carbonyl (C=O) groups is 3. The van der Waals surface area contributed by atoms with Crippen LogP contribution in [0.1, 0.15) is 59.3 Å². The molecule has 0 aromatic carbocycles. The van der Waals surface area contributed by atoms with Crippen LogP contribution in [0.4, 0.5) is 0 Å². The van der Waals surface area contributed by atoms with Crippen LogP contribution < -0.4 is 22.1 Å². The predicted molar refractivity (Wildman–Crippen MR) is 101 cm³/mol. The Kier molecular flexibility index (Phi) is 12.9. The normalized spacial score (nSPS) is 15.6. The number of unbranched alkanes of at least 4 members (excludes halogenated alkanes) is 3. The summed E-state index contributed by atoms with van der Waals surface area (Å²) >= 11 is 0. The molecule has 0 saturated heterocycles. The van der Waals surface area contributed by atoms with Crippen molar-refractivity contribution in [2.45, 2.75) is 77.5 Å². The molecule has 7 N–H and O–H groups in total. The number of nitrogens with two attached hydrogens (primary N) is 2. The number of nitrogens with one attached hydrogen (secondary N) is 2. The highest BCUT2D eigenvalue weighted by Crippen LogP contribution is 2.15. The topological polar surface area (TPSA) is 148 Å². The molecular formula is C18H36N4O4. The highest BCUT2D eigenvalue weighted by molar-refractivity contribution is 5.92. The molecule has 0 aromatic heterocycles. The average molecular weight is 373 g/mol. The minimum atomic E-state index is -1.15. The third-order valence-electron chi connectivity index (χ3n) is 4.40. The van der Waals surface area contributed by atoms with E-state index in [1.165, 1.54) is 13.8 Å². The van der Waals surface area contributed by atoms with Gasteiger partial charge >= 0.3 is 0 Å². The summed E-state index contributed by atoms with van der Waals surface area (Å²) in [6.45, 7) is 5.17. The minimum absolute atomic E-state index is 0.0468. The first-order valence-electron chi connectivity index (χ1n) is 9.47. The zero-order valence-corrected chi connectivity index (χ0v) is 16.3. The first-order chi connectivity index (χ1) is 12.3. The quantitative estimate of drug-likeness (QED) is 0.267. The van der Waals surface area contributed by atoms with Crippen LogP contribution in [0.15, 0.2) is 0 Å². The molecule has 2 amide bonds. The number of hydrogen-bond donors (Lipinski definition) is 5. The Morgan fingerprint density at radius 2 is 1.65 bits per heavy atom. The summed E-state index contributed by atoms with van der Waals surface area (Å²) in [6, 6.07) is -1.98. The zero-order valence-electron chi connectivity index (χ0n) is 16.3. The fraction of sp³-hybridized carbons (Fsp3) is 0.833. The molecule has 0 bridgehead atoms. The third kappa shape index (κ3) is 9.26. The summed E-state index contributed by atoms with van der Waals surface area (Å²) in [7, 11) is 0. The van der Waals surface area contributed by atoms with Crippen molar-refractivity contribution in [1.29, 1.82) is 0 Å². The van der Waals surface area contributed by atoms with Gasteiger partial charge in [-0.05, 0) is 33.2 Å². The number of aliphatic hydroxyl groups is 1. The van der Waals surface area contributed by atoms with Gasteiger partial charge in [-0.25, -0.2) is 0 Å². The highest BCUT2D eigenvalue weighted by atomic mass is 16.3. The summed E-state index contributed by atoms with van der Waals surface area (Å²) in [5, 5.41) is 15.0. The Morgan fingerprint density at radius 1 is 1.00 bits per heavy atom. The lowest BCUT2D eigenvalue weighted by Gasteiger charge is -2.25. The van der Waals surface area contributed by atoms with Crippen LogP contribution >= 0.6 is 0 Å². The van der Waals surface area contributed by atoms with Gasteiger partial charge in [0.05, 0.1) is 12.1 Å². The molecule has 0 radical (unpaired) electrons. The average Bonchev–Trinajstić information content (AvgIpc) is 2.59. The maximum atomic E-state index is 12.6. The van der Waals surface area contributed by atoms with Crippen LogP contribution in [0, 0.1) is 5.92 Å². The fourth-order valence-electron chi connectivity index (χ4n) is 2.69. The van der Waals surface area contributed by atoms with E-state index in [-0.39, 0.29) is 24.2 Å². The molecule has 26 heavy (non-hydrogen) atoms. The molecule has 0 spiro atoms. The zero-order chi connectivity index (χ0) is 20.1. The number of hydrogen-bond acceptors (Lipinski definition) is 6. The van der Waals surface area contributed by atoms with E-state index >= 15 is 0 Å². The second-order valence-electron chi connectivity index (χ2n) is 6.76. The van der Waals surface area contributed by atoms with E-state index in [1.54, 1.807) is 0 Å². The summed E-state index contributed by atoms with van der Waals surface area (Å²) in [5.41, 5.74) is 11.1. The Labute approximate surface area is 156 Å². The van der Waals surface area contributed by atoms with E-state index in [0.717, 1.165) is 25.7 Å². The van der Waals surface area contributed by atoms with Gasteiger partial charge in [0.1, 0.15) is 6.04 Å². The molecular weight excluding hydrogens is 336 g/mol. The van der Waals surface area contributed by atoms with Gasteiger partial charge in [-0.2, -0.15) is 0 Å². The lowest BCUT2D eigenvalue weighted by atomic mass is 9.95. The number of aliphatic hydroxyl groups excluding tert-OH is 1. The van der Waals surface area contributed by atoms with Crippen molar-refractivity contribution in [2.75, 3.05) is 13.1 Å². The van der Waals surface area contributed by atoms with E-state index in [0.29, 0.717) is 19.4 Å². The van der Waals surface area contributed by atoms with Gasteiger partial charge in [0.15, 0.2) is 5.78 Å². The van der Waals surface area contributed by atoms with Gasteiger partial charge < -0.3 is 27.2 Å². The van der Waals surface area contributed by atoms with Gasteiger partial charge in [-0.15, -0.1) is 0 Å². The molecule has 0 aliphatic rings. The van der Waals surface area contributed by atoms with Gasteiger partial charge in [0.2, 0.25) is 11.8 Å². The maximum Gasteiger partial charge on any atom is 0.245 e. The standard InChI is InChI=1S/C18H36N4O4/c1-4-5-6-7-8-14(9-10-19)17(25)22-16(13(3)24)18(26)21-15(11-20)12(2)23/h13-16,24H,4-11,19-20H2,1-3H3,(H,21,26)(H,22,25)/t13?,14?,15-,16-/m0/s1. The van der Waals surface area contributed by atoms with Crippen LogP contribution in [-0.4, -0.2) is 54.0 Å². The van der Waals surface area contributed by atoms with Crippen LogP contribution in [0.5, 0.6) is 0 Å². The molecule has 8 heteroatoms. The van der Waals surface area contributed by atoms with Crippen molar-refractivity contribution in [3.63, 3.8) is 0 Å². The lowest BCUT2D eigenvalue weighted by Crippen LogP contribution is -2.57. The highest BCUT2D eigenvalue weighted by Gasteiger charge is 2.30. The Bertz CT molecular complexity index is 443. The number of amides is 2. The van der Waals surface area contributed by atoms with Crippen LogP contribution in [0.25, 0.3) is 0 Å². The summed E-state index contributed by atoms with van der Waals surface area (Å²) in [6.07, 6.45) is 4.28. The summed E-state index contributed by atoms with van der Waals surface area (Å²) < 4.78 is 0. The molecule has 8 nitrogen and oxygen atoms in total. The van der Waals surface area contributed by atoms with Crippen LogP contribution in [-0.2, 0) is 14.4 Å². The molecule has 0 saturated carbocycles. The first-order valence-corrected chi connectivity index (χ1v) is 9.47. The van der Waals surface area contributed by atoms with Crippen molar-refractivity contribution in [1.82, 2.24) is 10.6 Å². The van der Waals surface area contributed by atoms with Crippen LogP contribution in [0.3, 0.4) is 0 Å². The molecule has 0 aromatic rings. The largest absolute Gasteiger partial charge is 0.391 e. The second kappa shape index (κ2) is 13.7. The SMILES string of the molecule is CCCCCCC(CCN)C(=O)N[C@H](C(=O)N[C@@H](CN)C(C)=O)C(C)O. The van der Waals surface area contributed by atoms with Crippen LogP contribution in [0.2, 0.25) is 0 Å². The van der Waals surface area contributed by atoms with Crippen molar-refractivity contribution < 1.29 is 19.5 Å². The van der Waals surface area contributed by atoms with Gasteiger partial charge in [0, 0.05) is 12.5 Å². The summed E-state index contributed by atoms with van der Waals surface area (Å²) in [5.74, 6) is -1.52. The molecule has 2 unspecified atom stereocenters. The Hall–Kier alpha value is -1.51. The third-order valence-corrected chi connectivity index (χ3v) is 4.40. The molecule has 0 aliphatic heterocycles. The Morgan fingerprint density at radius 3 is 2.12 bits per heavy atom. The van der Waals surface area contributed by atoms with Crippen molar-refractivity contribution in [2.24, 2.45) is 17.4 Å².